The summed E-state index contributed by atoms with van der Waals surface area (Å²) in [7, 11) is 6.18. The summed E-state index contributed by atoms with van der Waals surface area (Å²) in [6.45, 7) is 0. The SMILES string of the molecule is COc1ccc(-c2cc(C(=O)N/N=C/c3cc(OC)c(OC)c(OC)c3)[nH]n2)cc1. The Bertz CT molecular complexity index is 1020. The third-order valence-electron chi connectivity index (χ3n) is 4.28. The predicted octanol–water partition coefficient (Wildman–Crippen LogP) is 2.88. The van der Waals surface area contributed by atoms with Crippen LogP contribution in [0.3, 0.4) is 0 Å². The molecule has 0 radical (unpaired) electrons. The zero-order valence-electron chi connectivity index (χ0n) is 17.1. The van der Waals surface area contributed by atoms with E-state index in [9.17, 15) is 4.79 Å². The minimum atomic E-state index is -0.425. The molecule has 2 aromatic carbocycles. The average Bonchev–Trinajstić information content (AvgIpc) is 3.28. The van der Waals surface area contributed by atoms with Crippen LogP contribution in [0.4, 0.5) is 0 Å². The molecule has 156 valence electrons. The first-order valence-corrected chi connectivity index (χ1v) is 8.92. The van der Waals surface area contributed by atoms with Gasteiger partial charge in [0.05, 0.1) is 40.3 Å². The Morgan fingerprint density at radius 2 is 1.63 bits per heavy atom. The van der Waals surface area contributed by atoms with E-state index in [0.717, 1.165) is 11.3 Å². The van der Waals surface area contributed by atoms with Crippen molar-refractivity contribution in [3.63, 3.8) is 0 Å². The third-order valence-corrected chi connectivity index (χ3v) is 4.28. The first-order valence-electron chi connectivity index (χ1n) is 8.92. The number of hydrazone groups is 1. The molecule has 0 atom stereocenters. The van der Waals surface area contributed by atoms with Crippen molar-refractivity contribution in [1.82, 2.24) is 15.6 Å². The number of benzene rings is 2. The summed E-state index contributed by atoms with van der Waals surface area (Å²) >= 11 is 0. The quantitative estimate of drug-likeness (QED) is 0.437. The number of hydrogen-bond acceptors (Lipinski definition) is 7. The van der Waals surface area contributed by atoms with E-state index in [1.165, 1.54) is 27.5 Å². The first-order chi connectivity index (χ1) is 14.6. The van der Waals surface area contributed by atoms with E-state index >= 15 is 0 Å². The largest absolute Gasteiger partial charge is 0.497 e. The fourth-order valence-corrected chi connectivity index (χ4v) is 2.75. The van der Waals surface area contributed by atoms with Crippen molar-refractivity contribution in [3.05, 3.63) is 53.7 Å². The van der Waals surface area contributed by atoms with Gasteiger partial charge in [-0.1, -0.05) is 0 Å². The number of nitrogens with one attached hydrogen (secondary N) is 2. The number of aromatic nitrogens is 2. The summed E-state index contributed by atoms with van der Waals surface area (Å²) in [6, 6.07) is 12.4. The first kappa shape index (κ1) is 20.7. The van der Waals surface area contributed by atoms with E-state index in [-0.39, 0.29) is 5.69 Å². The number of hydrogen-bond donors (Lipinski definition) is 2. The van der Waals surface area contributed by atoms with Gasteiger partial charge in [-0.25, -0.2) is 5.43 Å². The van der Waals surface area contributed by atoms with E-state index < -0.39 is 5.91 Å². The molecule has 3 rings (SSSR count). The topological polar surface area (TPSA) is 107 Å². The van der Waals surface area contributed by atoms with Gasteiger partial charge in [0, 0.05) is 11.1 Å². The number of amides is 1. The van der Waals surface area contributed by atoms with Gasteiger partial charge in [-0.3, -0.25) is 9.89 Å². The molecule has 3 aromatic rings. The molecule has 9 nitrogen and oxygen atoms in total. The van der Waals surface area contributed by atoms with Gasteiger partial charge in [0.15, 0.2) is 11.5 Å². The number of aromatic amines is 1. The number of carbonyl (C=O) groups excluding carboxylic acids is 1. The van der Waals surface area contributed by atoms with Gasteiger partial charge < -0.3 is 18.9 Å². The van der Waals surface area contributed by atoms with Crippen LogP contribution in [0, 0.1) is 0 Å². The molecule has 0 aliphatic carbocycles. The summed E-state index contributed by atoms with van der Waals surface area (Å²) in [5, 5.41) is 10.9. The van der Waals surface area contributed by atoms with Crippen molar-refractivity contribution in [2.24, 2.45) is 5.10 Å². The second kappa shape index (κ2) is 9.46. The lowest BCUT2D eigenvalue weighted by Gasteiger charge is -2.12. The summed E-state index contributed by atoms with van der Waals surface area (Å²) in [5.74, 6) is 1.77. The highest BCUT2D eigenvalue weighted by Gasteiger charge is 2.13. The average molecular weight is 410 g/mol. The Balaban J connectivity index is 1.70. The second-order valence-corrected chi connectivity index (χ2v) is 6.05. The molecular weight excluding hydrogens is 388 g/mol. The lowest BCUT2D eigenvalue weighted by Crippen LogP contribution is -2.18. The van der Waals surface area contributed by atoms with Crippen molar-refractivity contribution in [1.29, 1.82) is 0 Å². The minimum Gasteiger partial charge on any atom is -0.497 e. The zero-order chi connectivity index (χ0) is 21.5. The van der Waals surface area contributed by atoms with Gasteiger partial charge in [-0.05, 0) is 42.5 Å². The molecule has 0 unspecified atom stereocenters. The molecule has 0 aliphatic heterocycles. The van der Waals surface area contributed by atoms with Crippen molar-refractivity contribution in [2.75, 3.05) is 28.4 Å². The third kappa shape index (κ3) is 4.52. The molecule has 1 amide bonds. The van der Waals surface area contributed by atoms with Gasteiger partial charge in [-0.2, -0.15) is 10.2 Å². The summed E-state index contributed by atoms with van der Waals surface area (Å²) in [4.78, 5) is 12.3. The maximum absolute atomic E-state index is 12.3. The molecule has 0 saturated carbocycles. The van der Waals surface area contributed by atoms with Crippen LogP contribution in [-0.4, -0.2) is 50.8 Å². The molecule has 30 heavy (non-hydrogen) atoms. The maximum Gasteiger partial charge on any atom is 0.289 e. The molecule has 2 N–H and O–H groups in total. The molecule has 1 heterocycles. The second-order valence-electron chi connectivity index (χ2n) is 6.05. The fourth-order valence-electron chi connectivity index (χ4n) is 2.75. The minimum absolute atomic E-state index is 0.280. The maximum atomic E-state index is 12.3. The van der Waals surface area contributed by atoms with Gasteiger partial charge in [0.25, 0.3) is 5.91 Å². The number of nitrogens with zero attached hydrogens (tertiary/aromatic N) is 2. The van der Waals surface area contributed by atoms with Crippen molar-refractivity contribution < 1.29 is 23.7 Å². The smallest absolute Gasteiger partial charge is 0.289 e. The van der Waals surface area contributed by atoms with Crippen LogP contribution in [0.1, 0.15) is 16.1 Å². The van der Waals surface area contributed by atoms with Crippen LogP contribution in [0.15, 0.2) is 47.6 Å². The molecule has 0 saturated heterocycles. The molecule has 0 bridgehead atoms. The zero-order valence-corrected chi connectivity index (χ0v) is 17.1. The van der Waals surface area contributed by atoms with E-state index in [4.69, 9.17) is 18.9 Å². The summed E-state index contributed by atoms with van der Waals surface area (Å²) in [5.41, 5.74) is 4.89. The number of methoxy groups -OCH3 is 4. The Hall–Kier alpha value is -4.01. The van der Waals surface area contributed by atoms with E-state index in [1.807, 2.05) is 24.3 Å². The molecule has 0 aliphatic rings. The number of carbonyl (C=O) groups is 1. The summed E-state index contributed by atoms with van der Waals surface area (Å²) < 4.78 is 21.0. The Labute approximate surface area is 173 Å². The summed E-state index contributed by atoms with van der Waals surface area (Å²) in [6.07, 6.45) is 1.48. The molecule has 1 aromatic heterocycles. The predicted molar refractivity (Wildman–Crippen MR) is 112 cm³/mol. The Morgan fingerprint density at radius 1 is 0.967 bits per heavy atom. The van der Waals surface area contributed by atoms with Crippen LogP contribution in [-0.2, 0) is 0 Å². The van der Waals surface area contributed by atoms with Crippen molar-refractivity contribution >= 4 is 12.1 Å². The molecular formula is C21H22N4O5. The van der Waals surface area contributed by atoms with Gasteiger partial charge in [0.1, 0.15) is 11.4 Å². The molecule has 0 spiro atoms. The fraction of sp³-hybridized carbons (Fsp3) is 0.190. The molecule has 0 fully saturated rings. The van der Waals surface area contributed by atoms with Crippen LogP contribution < -0.4 is 24.4 Å². The van der Waals surface area contributed by atoms with Gasteiger partial charge in [-0.15, -0.1) is 0 Å². The number of ether oxygens (including phenoxy) is 4. The van der Waals surface area contributed by atoms with Crippen LogP contribution in [0.2, 0.25) is 0 Å². The number of H-pyrrole nitrogens is 1. The van der Waals surface area contributed by atoms with E-state index in [1.54, 1.807) is 25.3 Å². The normalized spacial score (nSPS) is 10.7. The highest BCUT2D eigenvalue weighted by atomic mass is 16.5. The van der Waals surface area contributed by atoms with Gasteiger partial charge in [0.2, 0.25) is 5.75 Å². The van der Waals surface area contributed by atoms with Crippen LogP contribution >= 0.6 is 0 Å². The van der Waals surface area contributed by atoms with Crippen molar-refractivity contribution in [3.8, 4) is 34.3 Å². The molecule has 9 heteroatoms. The lowest BCUT2D eigenvalue weighted by molar-refractivity contribution is 0.0950. The Kier molecular flexibility index (Phi) is 6.53. The highest BCUT2D eigenvalue weighted by Crippen LogP contribution is 2.37. The van der Waals surface area contributed by atoms with Gasteiger partial charge >= 0.3 is 0 Å². The highest BCUT2D eigenvalue weighted by molar-refractivity contribution is 5.94. The Morgan fingerprint density at radius 3 is 2.20 bits per heavy atom. The van der Waals surface area contributed by atoms with E-state index in [0.29, 0.717) is 28.5 Å². The standard InChI is InChI=1S/C21H22N4O5/c1-27-15-7-5-14(6-8-15)16-11-17(24-23-16)21(26)25-22-12-13-9-18(28-2)20(30-4)19(10-13)29-3/h5-12H,1-4H3,(H,23,24)(H,25,26)/b22-12+. The van der Waals surface area contributed by atoms with Crippen molar-refractivity contribution in [2.45, 2.75) is 0 Å². The lowest BCUT2D eigenvalue weighted by atomic mass is 10.1. The van der Waals surface area contributed by atoms with Crippen LogP contribution in [0.25, 0.3) is 11.3 Å². The monoisotopic (exact) mass is 410 g/mol. The van der Waals surface area contributed by atoms with Crippen LogP contribution in [0.5, 0.6) is 23.0 Å². The number of rotatable bonds is 8. The van der Waals surface area contributed by atoms with E-state index in [2.05, 4.69) is 20.7 Å².